The smallest absolute Gasteiger partial charge is 0.407 e. The van der Waals surface area contributed by atoms with Gasteiger partial charge in [-0.1, -0.05) is 60.7 Å². The van der Waals surface area contributed by atoms with Crippen molar-refractivity contribution in [3.05, 3.63) is 131 Å². The van der Waals surface area contributed by atoms with Crippen molar-refractivity contribution in [2.75, 3.05) is 37.9 Å². The third-order valence-corrected chi connectivity index (χ3v) is 10.3. The number of anilines is 2. The second-order valence-electron chi connectivity index (χ2n) is 14.0. The fourth-order valence-electron chi connectivity index (χ4n) is 7.40. The van der Waals surface area contributed by atoms with Crippen LogP contribution in [0.5, 0.6) is 0 Å². The number of hydrogen-bond acceptors (Lipinski definition) is 11. The van der Waals surface area contributed by atoms with E-state index in [1.165, 1.54) is 26.6 Å². The normalized spacial score (nSPS) is 17.2. The van der Waals surface area contributed by atoms with Crippen LogP contribution in [0.25, 0.3) is 0 Å². The SMILES string of the molecule is COOC=N[C@@H](C(=O)N1CCC[C@H]1c1ncc(C(=O)Nc2ccc(NC(=O)c3cnc([C@@H]4CCCN4C(=O)[C@H](NC(=O)OC)c4ccccc4)[nH]3)cc2)[nH]1)c1ccccc1. The Morgan fingerprint density at radius 1 is 0.717 bits per heavy atom. The molecule has 0 saturated carbocycles. The second-order valence-corrected chi connectivity index (χ2v) is 14.0. The van der Waals surface area contributed by atoms with E-state index in [4.69, 9.17) is 9.62 Å². The number of hydrogen-bond donors (Lipinski definition) is 5. The Balaban J connectivity index is 0.952. The number of benzene rings is 3. The van der Waals surface area contributed by atoms with E-state index in [-0.39, 0.29) is 29.2 Å². The maximum absolute atomic E-state index is 13.8. The number of aromatic amines is 2. The first-order valence-electron chi connectivity index (χ1n) is 19.3. The van der Waals surface area contributed by atoms with Gasteiger partial charge in [0.05, 0.1) is 38.7 Å². The highest BCUT2D eigenvalue weighted by atomic mass is 17.2. The lowest BCUT2D eigenvalue weighted by Crippen LogP contribution is -2.42. The summed E-state index contributed by atoms with van der Waals surface area (Å²) < 4.78 is 4.77. The number of H-pyrrole nitrogens is 2. The van der Waals surface area contributed by atoms with Gasteiger partial charge in [0.1, 0.15) is 29.1 Å². The number of aromatic nitrogens is 4. The minimum Gasteiger partial charge on any atom is -0.453 e. The standard InChI is InChI=1S/C42H44N10O8/c1-58-42(57)50-35(27-13-7-4-8-14-27)41(56)52-22-10-16-33(52)37-44-24-31(49-37)39(54)47-29-19-17-28(18-20-29)46-38(53)30-23-43-36(48-30)32-15-9-21-51(32)40(55)34(45-25-60-59-2)26-11-5-3-6-12-26/h3-8,11-14,17-20,23-25,32-35H,9-10,15-16,21-22H2,1-2H3,(H,43,48)(H,44,49)(H,46,53)(H,47,54)(H,50,57)/t32-,33-,34+,35+/m0/s1. The lowest BCUT2D eigenvalue weighted by molar-refractivity contribution is -0.188. The number of nitrogens with zero attached hydrogens (tertiary/aromatic N) is 5. The van der Waals surface area contributed by atoms with Gasteiger partial charge in [0, 0.05) is 24.5 Å². The molecular weight excluding hydrogens is 773 g/mol. The molecule has 18 nitrogen and oxygen atoms in total. The molecule has 5 amide bonds. The van der Waals surface area contributed by atoms with Crippen LogP contribution in [0, 0.1) is 0 Å². The van der Waals surface area contributed by atoms with E-state index in [0.717, 1.165) is 12.8 Å². The Kier molecular flexibility index (Phi) is 12.9. The largest absolute Gasteiger partial charge is 0.453 e. The molecule has 310 valence electrons. The molecule has 18 heteroatoms. The van der Waals surface area contributed by atoms with Crippen molar-refractivity contribution in [1.82, 2.24) is 35.1 Å². The van der Waals surface area contributed by atoms with Gasteiger partial charge in [-0.15, -0.1) is 0 Å². The summed E-state index contributed by atoms with van der Waals surface area (Å²) in [5, 5.41) is 8.29. The van der Waals surface area contributed by atoms with E-state index in [1.807, 2.05) is 36.4 Å². The number of likely N-dealkylation sites (tertiary alicyclic amines) is 2. The van der Waals surface area contributed by atoms with Crippen LogP contribution in [0.15, 0.2) is 102 Å². The summed E-state index contributed by atoms with van der Waals surface area (Å²) in [7, 11) is 2.58. The average Bonchev–Trinajstić information content (AvgIpc) is 4.12. The molecule has 5 aromatic rings. The van der Waals surface area contributed by atoms with E-state index in [2.05, 4.69) is 45.8 Å². The Morgan fingerprint density at radius 2 is 1.22 bits per heavy atom. The van der Waals surface area contributed by atoms with Crippen LogP contribution in [0.1, 0.15) is 93.6 Å². The van der Waals surface area contributed by atoms with Crippen molar-refractivity contribution in [2.45, 2.75) is 49.9 Å². The number of aliphatic imine (C=N–C) groups is 1. The number of rotatable bonds is 14. The molecule has 60 heavy (non-hydrogen) atoms. The van der Waals surface area contributed by atoms with Gasteiger partial charge in [0.25, 0.3) is 23.6 Å². The molecule has 2 aliphatic rings. The quantitative estimate of drug-likeness (QED) is 0.0415. The van der Waals surface area contributed by atoms with Crippen molar-refractivity contribution in [3.63, 3.8) is 0 Å². The zero-order valence-corrected chi connectivity index (χ0v) is 32.9. The molecule has 5 N–H and O–H groups in total. The average molecular weight is 817 g/mol. The minimum absolute atomic E-state index is 0.190. The van der Waals surface area contributed by atoms with E-state index < -0.39 is 36.0 Å². The number of ether oxygens (including phenoxy) is 1. The molecule has 0 aliphatic carbocycles. The molecule has 2 aromatic heterocycles. The summed E-state index contributed by atoms with van der Waals surface area (Å²) in [6, 6.07) is 22.0. The zero-order chi connectivity index (χ0) is 42.0. The lowest BCUT2D eigenvalue weighted by atomic mass is 10.1. The Hall–Kier alpha value is -7.34. The molecule has 2 saturated heterocycles. The summed E-state index contributed by atoms with van der Waals surface area (Å²) in [4.78, 5) is 98.4. The molecule has 2 fully saturated rings. The third-order valence-electron chi connectivity index (χ3n) is 10.3. The van der Waals surface area contributed by atoms with E-state index in [9.17, 15) is 24.0 Å². The number of amides is 5. The summed E-state index contributed by atoms with van der Waals surface area (Å²) in [6.07, 6.45) is 5.93. The van der Waals surface area contributed by atoms with Crippen molar-refractivity contribution in [2.24, 2.45) is 4.99 Å². The Bertz CT molecular complexity index is 2310. The molecule has 4 heterocycles. The van der Waals surface area contributed by atoms with Crippen molar-refractivity contribution in [1.29, 1.82) is 0 Å². The first-order valence-corrected chi connectivity index (χ1v) is 19.3. The highest BCUT2D eigenvalue weighted by Gasteiger charge is 2.38. The first-order chi connectivity index (χ1) is 29.2. The molecule has 0 spiro atoms. The van der Waals surface area contributed by atoms with E-state index in [1.54, 1.807) is 58.3 Å². The number of carbonyl (C=O) groups excluding carboxylic acids is 5. The fraction of sp³-hybridized carbons (Fsp3) is 0.286. The monoisotopic (exact) mass is 816 g/mol. The van der Waals surface area contributed by atoms with Gasteiger partial charge in [0.2, 0.25) is 6.40 Å². The van der Waals surface area contributed by atoms with Gasteiger partial charge in [-0.05, 0) is 61.1 Å². The predicted octanol–water partition coefficient (Wildman–Crippen LogP) is 5.41. The Morgan fingerprint density at radius 3 is 1.72 bits per heavy atom. The van der Waals surface area contributed by atoms with Crippen molar-refractivity contribution in [3.8, 4) is 0 Å². The third kappa shape index (κ3) is 9.34. The van der Waals surface area contributed by atoms with Crippen LogP contribution in [0.4, 0.5) is 16.2 Å². The number of alkyl carbamates (subject to hydrolysis) is 1. The minimum atomic E-state index is -0.968. The molecular formula is C42H44N10O8. The van der Waals surface area contributed by atoms with Crippen molar-refractivity contribution < 1.29 is 38.5 Å². The molecule has 0 radical (unpaired) electrons. The number of nitrogens with one attached hydrogen (secondary N) is 5. The maximum Gasteiger partial charge on any atom is 0.407 e. The summed E-state index contributed by atoms with van der Waals surface area (Å²) in [5.41, 5.74) is 2.63. The topological polar surface area (TPSA) is 225 Å². The molecule has 2 aliphatic heterocycles. The molecule has 3 aromatic carbocycles. The van der Waals surface area contributed by atoms with Crippen LogP contribution in [-0.4, -0.2) is 93.2 Å². The van der Waals surface area contributed by atoms with Gasteiger partial charge < -0.3 is 45.3 Å². The van der Waals surface area contributed by atoms with Crippen molar-refractivity contribution >= 4 is 47.5 Å². The molecule has 4 atom stereocenters. The van der Waals surface area contributed by atoms with Gasteiger partial charge in [-0.2, -0.15) is 4.89 Å². The number of imidazole rings is 2. The predicted molar refractivity (Wildman–Crippen MR) is 217 cm³/mol. The maximum atomic E-state index is 13.8. The number of carbonyl (C=O) groups is 5. The number of methoxy groups -OCH3 is 1. The highest BCUT2D eigenvalue weighted by Crippen LogP contribution is 2.35. The van der Waals surface area contributed by atoms with Gasteiger partial charge in [0.15, 0.2) is 6.04 Å². The van der Waals surface area contributed by atoms with Gasteiger partial charge in [-0.25, -0.2) is 19.8 Å². The van der Waals surface area contributed by atoms with E-state index >= 15 is 0 Å². The second kappa shape index (κ2) is 18.9. The summed E-state index contributed by atoms with van der Waals surface area (Å²) in [5.74, 6) is -0.525. The summed E-state index contributed by atoms with van der Waals surface area (Å²) in [6.45, 7) is 0.938. The van der Waals surface area contributed by atoms with Crippen LogP contribution < -0.4 is 16.0 Å². The Labute approximate surface area is 344 Å². The lowest BCUT2D eigenvalue weighted by Gasteiger charge is -2.28. The highest BCUT2D eigenvalue weighted by molar-refractivity contribution is 6.04. The first kappa shape index (κ1) is 40.8. The van der Waals surface area contributed by atoms with Crippen LogP contribution >= 0.6 is 0 Å². The van der Waals surface area contributed by atoms with Crippen LogP contribution in [0.2, 0.25) is 0 Å². The molecule has 0 unspecified atom stereocenters. The van der Waals surface area contributed by atoms with Gasteiger partial charge in [-0.3, -0.25) is 19.2 Å². The van der Waals surface area contributed by atoms with E-state index in [0.29, 0.717) is 66.5 Å². The summed E-state index contributed by atoms with van der Waals surface area (Å²) >= 11 is 0. The molecule has 7 rings (SSSR count). The molecule has 0 bridgehead atoms. The van der Waals surface area contributed by atoms with Gasteiger partial charge >= 0.3 is 6.09 Å². The zero-order valence-electron chi connectivity index (χ0n) is 32.9. The van der Waals surface area contributed by atoms with Crippen LogP contribution in [-0.2, 0) is 24.1 Å². The van der Waals surface area contributed by atoms with Crippen LogP contribution in [0.3, 0.4) is 0 Å². The fourth-order valence-corrected chi connectivity index (χ4v) is 7.40.